The SMILES string of the molecule is CC(=O)Cn1nnc2c1C(F)(C(C)=O)CCCCC2. The molecule has 0 saturated carbocycles. The van der Waals surface area contributed by atoms with Crippen LogP contribution in [0.1, 0.15) is 50.9 Å². The van der Waals surface area contributed by atoms with E-state index in [0.717, 1.165) is 12.8 Å². The molecule has 0 aliphatic heterocycles. The Hall–Kier alpha value is -1.59. The molecule has 1 aromatic heterocycles. The summed E-state index contributed by atoms with van der Waals surface area (Å²) < 4.78 is 16.4. The summed E-state index contributed by atoms with van der Waals surface area (Å²) >= 11 is 0. The van der Waals surface area contributed by atoms with Gasteiger partial charge in [-0.05, 0) is 39.5 Å². The lowest BCUT2D eigenvalue weighted by molar-refractivity contribution is -0.130. The maximum Gasteiger partial charge on any atom is 0.211 e. The molecule has 0 fully saturated rings. The molecular weight excluding hydrogens is 249 g/mol. The van der Waals surface area contributed by atoms with E-state index in [1.54, 1.807) is 0 Å². The summed E-state index contributed by atoms with van der Waals surface area (Å²) in [6.07, 6.45) is 3.17. The van der Waals surface area contributed by atoms with Gasteiger partial charge in [0, 0.05) is 0 Å². The van der Waals surface area contributed by atoms with E-state index in [1.165, 1.54) is 18.5 Å². The Balaban J connectivity index is 2.53. The van der Waals surface area contributed by atoms with Crippen molar-refractivity contribution in [3.05, 3.63) is 11.4 Å². The van der Waals surface area contributed by atoms with Crippen molar-refractivity contribution in [1.82, 2.24) is 15.0 Å². The Bertz CT molecular complexity index is 512. The summed E-state index contributed by atoms with van der Waals surface area (Å²) in [4.78, 5) is 23.0. The van der Waals surface area contributed by atoms with Gasteiger partial charge in [-0.1, -0.05) is 11.6 Å². The van der Waals surface area contributed by atoms with Crippen molar-refractivity contribution >= 4 is 11.6 Å². The predicted molar refractivity (Wildman–Crippen MR) is 66.3 cm³/mol. The first-order valence-corrected chi connectivity index (χ1v) is 6.57. The van der Waals surface area contributed by atoms with Crippen molar-refractivity contribution in [3.8, 4) is 0 Å². The van der Waals surface area contributed by atoms with Crippen molar-refractivity contribution in [2.45, 2.75) is 58.2 Å². The Labute approximate surface area is 111 Å². The molecule has 6 heteroatoms. The normalized spacial score (nSPS) is 23.3. The van der Waals surface area contributed by atoms with Crippen molar-refractivity contribution in [3.63, 3.8) is 0 Å². The van der Waals surface area contributed by atoms with E-state index in [0.29, 0.717) is 18.5 Å². The summed E-state index contributed by atoms with van der Waals surface area (Å²) in [5.41, 5.74) is -1.36. The molecule has 1 aromatic rings. The number of fused-ring (bicyclic) bond motifs is 1. The highest BCUT2D eigenvalue weighted by molar-refractivity contribution is 5.86. The van der Waals surface area contributed by atoms with Gasteiger partial charge in [0.05, 0.1) is 5.69 Å². The number of ketones is 2. The largest absolute Gasteiger partial charge is 0.298 e. The number of hydrogen-bond donors (Lipinski definition) is 0. The average Bonchev–Trinajstić information content (AvgIpc) is 2.67. The molecule has 1 aliphatic rings. The number of Topliss-reactive ketones (excluding diaryl/α,β-unsaturated/α-hetero) is 2. The van der Waals surface area contributed by atoms with Crippen LogP contribution < -0.4 is 0 Å². The van der Waals surface area contributed by atoms with Gasteiger partial charge in [-0.3, -0.25) is 9.59 Å². The third kappa shape index (κ3) is 2.57. The molecule has 0 amide bonds. The smallest absolute Gasteiger partial charge is 0.211 e. The van der Waals surface area contributed by atoms with Gasteiger partial charge in [-0.2, -0.15) is 0 Å². The molecule has 0 spiro atoms. The van der Waals surface area contributed by atoms with Crippen molar-refractivity contribution in [2.75, 3.05) is 0 Å². The Kier molecular flexibility index (Phi) is 3.78. The third-order valence-electron chi connectivity index (χ3n) is 3.55. The first kappa shape index (κ1) is 13.8. The highest BCUT2D eigenvalue weighted by atomic mass is 19.1. The maximum atomic E-state index is 15.1. The first-order chi connectivity index (χ1) is 8.95. The Morgan fingerprint density at radius 1 is 1.32 bits per heavy atom. The minimum Gasteiger partial charge on any atom is -0.298 e. The summed E-state index contributed by atoms with van der Waals surface area (Å²) in [6.45, 7) is 2.61. The molecule has 0 saturated heterocycles. The minimum absolute atomic E-state index is 0.0404. The van der Waals surface area contributed by atoms with E-state index in [4.69, 9.17) is 0 Å². The van der Waals surface area contributed by atoms with Crippen LogP contribution in [0.15, 0.2) is 0 Å². The van der Waals surface area contributed by atoms with Crippen LogP contribution in [0.3, 0.4) is 0 Å². The van der Waals surface area contributed by atoms with Gasteiger partial charge in [0.25, 0.3) is 0 Å². The molecule has 104 valence electrons. The zero-order valence-electron chi connectivity index (χ0n) is 11.3. The van der Waals surface area contributed by atoms with Crippen molar-refractivity contribution in [2.24, 2.45) is 0 Å². The van der Waals surface area contributed by atoms with Gasteiger partial charge >= 0.3 is 0 Å². The van der Waals surface area contributed by atoms with Crippen LogP contribution in [0.25, 0.3) is 0 Å². The Morgan fingerprint density at radius 3 is 2.68 bits per heavy atom. The van der Waals surface area contributed by atoms with E-state index in [2.05, 4.69) is 10.3 Å². The second-order valence-electron chi connectivity index (χ2n) is 5.16. The summed E-state index contributed by atoms with van der Waals surface area (Å²) in [5.74, 6) is -0.677. The number of aromatic nitrogens is 3. The third-order valence-corrected chi connectivity index (χ3v) is 3.55. The molecule has 0 bridgehead atoms. The van der Waals surface area contributed by atoms with Gasteiger partial charge in [0.1, 0.15) is 12.2 Å². The Morgan fingerprint density at radius 2 is 2.05 bits per heavy atom. The quantitative estimate of drug-likeness (QED) is 0.836. The van der Waals surface area contributed by atoms with Gasteiger partial charge in [0.15, 0.2) is 11.6 Å². The lowest BCUT2D eigenvalue weighted by atomic mass is 9.86. The first-order valence-electron chi connectivity index (χ1n) is 6.57. The number of carbonyl (C=O) groups is 2. The molecule has 1 atom stereocenters. The predicted octanol–water partition coefficient (Wildman–Crippen LogP) is 1.74. The monoisotopic (exact) mass is 267 g/mol. The van der Waals surface area contributed by atoms with Gasteiger partial charge in [-0.15, -0.1) is 5.10 Å². The number of alkyl halides is 1. The molecule has 1 unspecified atom stereocenters. The molecule has 19 heavy (non-hydrogen) atoms. The van der Waals surface area contributed by atoms with Crippen molar-refractivity contribution in [1.29, 1.82) is 0 Å². The second-order valence-corrected chi connectivity index (χ2v) is 5.16. The lowest BCUT2D eigenvalue weighted by Crippen LogP contribution is -2.34. The van der Waals surface area contributed by atoms with E-state index in [-0.39, 0.29) is 24.4 Å². The summed E-state index contributed by atoms with van der Waals surface area (Å²) in [6, 6.07) is 0. The van der Waals surface area contributed by atoms with Crippen LogP contribution in [0.4, 0.5) is 4.39 Å². The van der Waals surface area contributed by atoms with E-state index >= 15 is 4.39 Å². The van der Waals surface area contributed by atoms with Crippen LogP contribution in [-0.2, 0) is 28.2 Å². The van der Waals surface area contributed by atoms with Crippen LogP contribution in [0, 0.1) is 0 Å². The van der Waals surface area contributed by atoms with E-state index in [9.17, 15) is 9.59 Å². The van der Waals surface area contributed by atoms with Gasteiger partial charge in [-0.25, -0.2) is 9.07 Å². The fraction of sp³-hybridized carbons (Fsp3) is 0.692. The summed E-state index contributed by atoms with van der Waals surface area (Å²) in [5, 5.41) is 7.81. The molecule has 1 heterocycles. The standard InChI is InChI=1S/C13H18FN3O2/c1-9(18)8-17-12-11(15-16-17)6-4-3-5-7-13(12,14)10(2)19/h3-8H2,1-2H3. The highest BCUT2D eigenvalue weighted by Crippen LogP contribution is 2.36. The van der Waals surface area contributed by atoms with Gasteiger partial charge in [0.2, 0.25) is 5.67 Å². The van der Waals surface area contributed by atoms with E-state index in [1.807, 2.05) is 0 Å². The molecule has 0 aromatic carbocycles. The van der Waals surface area contributed by atoms with Crippen LogP contribution in [-0.4, -0.2) is 26.6 Å². The molecular formula is C13H18FN3O2. The number of aryl methyl sites for hydroxylation is 1. The molecule has 0 radical (unpaired) electrons. The minimum atomic E-state index is -2.06. The molecule has 0 N–H and O–H groups in total. The average molecular weight is 267 g/mol. The maximum absolute atomic E-state index is 15.1. The molecule has 2 rings (SSSR count). The summed E-state index contributed by atoms with van der Waals surface area (Å²) in [7, 11) is 0. The second kappa shape index (κ2) is 5.19. The van der Waals surface area contributed by atoms with E-state index < -0.39 is 11.5 Å². The lowest BCUT2D eigenvalue weighted by Gasteiger charge is -2.25. The number of carbonyl (C=O) groups excluding carboxylic acids is 2. The fourth-order valence-electron chi connectivity index (χ4n) is 2.57. The van der Waals surface area contributed by atoms with Crippen LogP contribution in [0.5, 0.6) is 0 Å². The van der Waals surface area contributed by atoms with Crippen LogP contribution >= 0.6 is 0 Å². The van der Waals surface area contributed by atoms with Crippen molar-refractivity contribution < 1.29 is 14.0 Å². The number of nitrogens with zero attached hydrogens (tertiary/aromatic N) is 3. The number of hydrogen-bond acceptors (Lipinski definition) is 4. The number of halogens is 1. The highest BCUT2D eigenvalue weighted by Gasteiger charge is 2.43. The molecule has 5 nitrogen and oxygen atoms in total. The van der Waals surface area contributed by atoms with Gasteiger partial charge < -0.3 is 0 Å². The zero-order valence-corrected chi connectivity index (χ0v) is 11.3. The van der Waals surface area contributed by atoms with Crippen LogP contribution in [0.2, 0.25) is 0 Å². The zero-order chi connectivity index (χ0) is 14.0. The number of rotatable bonds is 3. The topological polar surface area (TPSA) is 64.8 Å². The fourth-order valence-corrected chi connectivity index (χ4v) is 2.57. The molecule has 1 aliphatic carbocycles.